The van der Waals surface area contributed by atoms with Crippen molar-refractivity contribution < 1.29 is 17.6 Å². The summed E-state index contributed by atoms with van der Waals surface area (Å²) in [5, 5.41) is 3.36. The quantitative estimate of drug-likeness (QED) is 0.211. The number of halogens is 4. The second-order valence-corrected chi connectivity index (χ2v) is 6.28. The zero-order valence-electron chi connectivity index (χ0n) is 13.9. The molecule has 0 aliphatic rings. The molecule has 0 radical (unpaired) electrons. The van der Waals surface area contributed by atoms with Crippen molar-refractivity contribution in [3.05, 3.63) is 83.4 Å². The lowest BCUT2D eigenvalue weighted by Crippen LogP contribution is -1.94. The fraction of sp³-hybridized carbons (Fsp3) is 0.0909. The summed E-state index contributed by atoms with van der Waals surface area (Å²) in [7, 11) is 0. The van der Waals surface area contributed by atoms with Crippen molar-refractivity contribution in [1.29, 1.82) is 0 Å². The van der Waals surface area contributed by atoms with Crippen molar-refractivity contribution in [2.45, 2.75) is 13.3 Å². The van der Waals surface area contributed by atoms with Gasteiger partial charge in [-0.25, -0.2) is 17.6 Å². The van der Waals surface area contributed by atoms with Crippen LogP contribution in [0.5, 0.6) is 0 Å². The van der Waals surface area contributed by atoms with Crippen LogP contribution in [0.25, 0.3) is 32.7 Å². The molecular formula is C22H14F4. The normalized spacial score (nSPS) is 11.4. The first-order valence-corrected chi connectivity index (χ1v) is 8.27. The highest BCUT2D eigenvalue weighted by Crippen LogP contribution is 2.33. The van der Waals surface area contributed by atoms with Gasteiger partial charge in [-0.2, -0.15) is 0 Å². The summed E-state index contributed by atoms with van der Waals surface area (Å²) in [5.41, 5.74) is 1.17. The van der Waals surface area contributed by atoms with Crippen LogP contribution in [0.2, 0.25) is 0 Å². The Labute approximate surface area is 147 Å². The van der Waals surface area contributed by atoms with E-state index < -0.39 is 23.3 Å². The molecule has 0 amide bonds. The molecule has 0 nitrogen and oxygen atoms in total. The molecule has 4 rings (SSSR count). The SMILES string of the molecule is CCc1ccc2c(ccc3cc(-c4cc(F)c(F)c(F)c4)c(F)cc32)c1. The number of hydrogen-bond donors (Lipinski definition) is 0. The Hall–Kier alpha value is -2.88. The number of rotatable bonds is 2. The lowest BCUT2D eigenvalue weighted by atomic mass is 9.95. The molecule has 0 saturated heterocycles. The van der Waals surface area contributed by atoms with E-state index in [0.29, 0.717) is 0 Å². The Kier molecular flexibility index (Phi) is 3.91. The molecular weight excluding hydrogens is 340 g/mol. The Balaban J connectivity index is 1.96. The van der Waals surface area contributed by atoms with Crippen molar-refractivity contribution >= 4 is 21.5 Å². The van der Waals surface area contributed by atoms with Crippen molar-refractivity contribution in [3.8, 4) is 11.1 Å². The van der Waals surface area contributed by atoms with Gasteiger partial charge in [-0.1, -0.05) is 37.3 Å². The molecule has 0 bridgehead atoms. The zero-order valence-corrected chi connectivity index (χ0v) is 13.9. The molecule has 0 spiro atoms. The first-order valence-electron chi connectivity index (χ1n) is 8.27. The molecule has 4 aromatic carbocycles. The number of aryl methyl sites for hydroxylation is 1. The van der Waals surface area contributed by atoms with Gasteiger partial charge in [-0.15, -0.1) is 0 Å². The van der Waals surface area contributed by atoms with Gasteiger partial charge in [0, 0.05) is 5.56 Å². The molecule has 0 aliphatic carbocycles. The fourth-order valence-corrected chi connectivity index (χ4v) is 3.29. The summed E-state index contributed by atoms with van der Waals surface area (Å²) in [6.07, 6.45) is 0.906. The standard InChI is InChI=1S/C22H14F4/c1-2-12-3-6-16-13(7-12)4-5-14-8-18(19(23)11-17(14)16)15-9-20(24)22(26)21(25)10-15/h3-11H,2H2,1H3. The van der Waals surface area contributed by atoms with Crippen LogP contribution in [-0.4, -0.2) is 0 Å². The third kappa shape index (κ3) is 2.62. The second kappa shape index (κ2) is 6.13. The van der Waals surface area contributed by atoms with E-state index in [1.807, 2.05) is 24.3 Å². The first-order chi connectivity index (χ1) is 12.5. The van der Waals surface area contributed by atoms with Crippen LogP contribution in [0, 0.1) is 23.3 Å². The predicted octanol–water partition coefficient (Wildman–Crippen LogP) is 6.78. The molecule has 0 saturated carbocycles. The lowest BCUT2D eigenvalue weighted by Gasteiger charge is -2.10. The third-order valence-electron chi connectivity index (χ3n) is 4.69. The van der Waals surface area contributed by atoms with Gasteiger partial charge >= 0.3 is 0 Å². The van der Waals surface area contributed by atoms with Crippen LogP contribution in [0.1, 0.15) is 12.5 Å². The molecule has 0 atom stereocenters. The van der Waals surface area contributed by atoms with Crippen molar-refractivity contribution in [3.63, 3.8) is 0 Å². The summed E-state index contributed by atoms with van der Waals surface area (Å²) in [4.78, 5) is 0. The minimum Gasteiger partial charge on any atom is -0.206 e. The average molecular weight is 354 g/mol. The number of fused-ring (bicyclic) bond motifs is 3. The minimum atomic E-state index is -1.56. The Morgan fingerprint density at radius 1 is 0.654 bits per heavy atom. The smallest absolute Gasteiger partial charge is 0.194 e. The molecule has 130 valence electrons. The van der Waals surface area contributed by atoms with Crippen molar-refractivity contribution in [1.82, 2.24) is 0 Å². The minimum absolute atomic E-state index is 0.0276. The monoisotopic (exact) mass is 354 g/mol. The topological polar surface area (TPSA) is 0 Å². The van der Waals surface area contributed by atoms with Crippen LogP contribution in [0.3, 0.4) is 0 Å². The van der Waals surface area contributed by atoms with Gasteiger partial charge in [-0.05, 0) is 63.4 Å². The second-order valence-electron chi connectivity index (χ2n) is 6.28. The predicted molar refractivity (Wildman–Crippen MR) is 96.1 cm³/mol. The van der Waals surface area contributed by atoms with Gasteiger partial charge in [0.05, 0.1) is 0 Å². The van der Waals surface area contributed by atoms with Crippen molar-refractivity contribution in [2.75, 3.05) is 0 Å². The highest BCUT2D eigenvalue weighted by molar-refractivity contribution is 6.08. The Morgan fingerprint density at radius 3 is 1.96 bits per heavy atom. The summed E-state index contributed by atoms with van der Waals surface area (Å²) in [5.74, 6) is -4.86. The van der Waals surface area contributed by atoms with Gasteiger partial charge in [0.1, 0.15) is 5.82 Å². The van der Waals surface area contributed by atoms with Gasteiger partial charge in [0.25, 0.3) is 0 Å². The third-order valence-corrected chi connectivity index (χ3v) is 4.69. The van der Waals surface area contributed by atoms with Crippen LogP contribution in [0.4, 0.5) is 17.6 Å². The summed E-state index contributed by atoms with van der Waals surface area (Å²) >= 11 is 0. The van der Waals surface area contributed by atoms with E-state index in [2.05, 4.69) is 13.0 Å². The van der Waals surface area contributed by atoms with E-state index in [4.69, 9.17) is 0 Å². The van der Waals surface area contributed by atoms with E-state index in [0.717, 1.165) is 40.1 Å². The van der Waals surface area contributed by atoms with E-state index in [9.17, 15) is 17.6 Å². The van der Waals surface area contributed by atoms with Crippen LogP contribution in [0.15, 0.2) is 54.6 Å². The van der Waals surface area contributed by atoms with Gasteiger partial charge in [0.15, 0.2) is 17.5 Å². The van der Waals surface area contributed by atoms with Gasteiger partial charge < -0.3 is 0 Å². The molecule has 0 heterocycles. The molecule has 4 heteroatoms. The zero-order chi connectivity index (χ0) is 18.4. The summed E-state index contributed by atoms with van der Waals surface area (Å²) in [6.45, 7) is 2.06. The number of hydrogen-bond acceptors (Lipinski definition) is 0. The van der Waals surface area contributed by atoms with E-state index in [-0.39, 0.29) is 11.1 Å². The van der Waals surface area contributed by atoms with E-state index >= 15 is 0 Å². The molecule has 0 N–H and O–H groups in total. The van der Waals surface area contributed by atoms with Crippen LogP contribution >= 0.6 is 0 Å². The first kappa shape index (κ1) is 16.6. The van der Waals surface area contributed by atoms with Crippen LogP contribution in [-0.2, 0) is 6.42 Å². The molecule has 0 fully saturated rings. The summed E-state index contributed by atoms with van der Waals surface area (Å²) in [6, 6.07) is 14.3. The Bertz CT molecular complexity index is 1140. The maximum absolute atomic E-state index is 14.7. The fourth-order valence-electron chi connectivity index (χ4n) is 3.29. The maximum atomic E-state index is 14.7. The van der Waals surface area contributed by atoms with Crippen LogP contribution < -0.4 is 0 Å². The number of benzene rings is 4. The largest absolute Gasteiger partial charge is 0.206 e. The van der Waals surface area contributed by atoms with E-state index in [1.165, 1.54) is 17.7 Å². The highest BCUT2D eigenvalue weighted by Gasteiger charge is 2.15. The van der Waals surface area contributed by atoms with Gasteiger partial charge in [-0.3, -0.25) is 0 Å². The Morgan fingerprint density at radius 2 is 1.31 bits per heavy atom. The van der Waals surface area contributed by atoms with E-state index in [1.54, 1.807) is 0 Å². The molecule has 26 heavy (non-hydrogen) atoms. The molecule has 4 aromatic rings. The maximum Gasteiger partial charge on any atom is 0.194 e. The molecule has 0 aromatic heterocycles. The highest BCUT2D eigenvalue weighted by atomic mass is 19.2. The molecule has 0 unspecified atom stereocenters. The van der Waals surface area contributed by atoms with Gasteiger partial charge in [0.2, 0.25) is 0 Å². The molecule has 0 aliphatic heterocycles. The summed E-state index contributed by atoms with van der Waals surface area (Å²) < 4.78 is 54.9. The van der Waals surface area contributed by atoms with Crippen molar-refractivity contribution in [2.24, 2.45) is 0 Å². The lowest BCUT2D eigenvalue weighted by molar-refractivity contribution is 0.447. The average Bonchev–Trinajstić information content (AvgIpc) is 2.64.